The van der Waals surface area contributed by atoms with E-state index in [1.807, 2.05) is 65.6 Å². The number of aromatic nitrogens is 4. The van der Waals surface area contributed by atoms with Crippen LogP contribution in [0.3, 0.4) is 0 Å². The molecule has 0 radical (unpaired) electrons. The van der Waals surface area contributed by atoms with Crippen molar-refractivity contribution in [2.45, 2.75) is 18.8 Å². The molecule has 3 aromatic rings. The van der Waals surface area contributed by atoms with Crippen LogP contribution in [0.15, 0.2) is 60.7 Å². The van der Waals surface area contributed by atoms with E-state index in [9.17, 15) is 4.79 Å². The number of likely N-dealkylation sites (tertiary alicyclic amines) is 1. The predicted octanol–water partition coefficient (Wildman–Crippen LogP) is 3.07. The quantitative estimate of drug-likeness (QED) is 0.789. The summed E-state index contributed by atoms with van der Waals surface area (Å²) in [7, 11) is 0. The maximum Gasteiger partial charge on any atom is 0.321 e. The highest BCUT2D eigenvalue weighted by atomic mass is 16.2. The third-order valence-electron chi connectivity index (χ3n) is 4.59. The minimum atomic E-state index is -0.0837. The number of nitrogens with one attached hydrogen (secondary N) is 1. The zero-order valence-electron chi connectivity index (χ0n) is 14.3. The lowest BCUT2D eigenvalue weighted by Crippen LogP contribution is -2.42. The normalized spacial score (nSPS) is 17.1. The van der Waals surface area contributed by atoms with Gasteiger partial charge in [-0.1, -0.05) is 36.4 Å². The number of anilines is 1. The number of benzene rings is 2. The summed E-state index contributed by atoms with van der Waals surface area (Å²) in [6.07, 6.45) is 1.89. The van der Waals surface area contributed by atoms with E-state index < -0.39 is 0 Å². The van der Waals surface area contributed by atoms with Gasteiger partial charge in [-0.2, -0.15) is 4.68 Å². The molecule has 7 heteroatoms. The summed E-state index contributed by atoms with van der Waals surface area (Å²) in [5, 5.41) is 15.2. The largest absolute Gasteiger partial charge is 0.324 e. The fourth-order valence-electron chi connectivity index (χ4n) is 3.30. The van der Waals surface area contributed by atoms with Crippen LogP contribution in [0.25, 0.3) is 5.69 Å². The number of hydrogen-bond acceptors (Lipinski definition) is 4. The molecule has 0 aliphatic carbocycles. The number of rotatable bonds is 3. The van der Waals surface area contributed by atoms with Gasteiger partial charge in [-0.05, 0) is 47.5 Å². The minimum Gasteiger partial charge on any atom is -0.324 e. The van der Waals surface area contributed by atoms with Crippen molar-refractivity contribution in [1.82, 2.24) is 25.1 Å². The van der Waals surface area contributed by atoms with Gasteiger partial charge in [0, 0.05) is 24.7 Å². The molecule has 1 aromatic heterocycles. The van der Waals surface area contributed by atoms with Gasteiger partial charge >= 0.3 is 6.03 Å². The zero-order chi connectivity index (χ0) is 17.8. The van der Waals surface area contributed by atoms with Gasteiger partial charge in [-0.3, -0.25) is 0 Å². The van der Waals surface area contributed by atoms with Gasteiger partial charge < -0.3 is 10.2 Å². The monoisotopic (exact) mass is 348 g/mol. The first-order chi connectivity index (χ1) is 12.8. The van der Waals surface area contributed by atoms with Crippen LogP contribution in [0.4, 0.5) is 10.5 Å². The number of amides is 2. The van der Waals surface area contributed by atoms with Crippen molar-refractivity contribution in [3.63, 3.8) is 0 Å². The third-order valence-corrected chi connectivity index (χ3v) is 4.59. The first-order valence-electron chi connectivity index (χ1n) is 8.76. The van der Waals surface area contributed by atoms with Gasteiger partial charge in [0.2, 0.25) is 0 Å². The molecule has 4 rings (SSSR count). The molecule has 26 heavy (non-hydrogen) atoms. The van der Waals surface area contributed by atoms with Gasteiger partial charge in [0.05, 0.1) is 5.69 Å². The second-order valence-electron chi connectivity index (χ2n) is 6.37. The lowest BCUT2D eigenvalue weighted by atomic mass is 9.97. The Kier molecular flexibility index (Phi) is 4.59. The van der Waals surface area contributed by atoms with Crippen molar-refractivity contribution < 1.29 is 4.79 Å². The van der Waals surface area contributed by atoms with Crippen molar-refractivity contribution in [1.29, 1.82) is 0 Å². The molecule has 132 valence electrons. The van der Waals surface area contributed by atoms with E-state index in [0.29, 0.717) is 6.54 Å². The standard InChI is InChI=1S/C19H20N6O/c26-19(20-16-9-3-1-4-10-16)24-13-7-8-15(14-24)18-21-22-23-25(18)17-11-5-2-6-12-17/h1-6,9-12,15H,7-8,13-14H2,(H,20,26). The number of nitrogens with zero attached hydrogens (tertiary/aromatic N) is 5. The van der Waals surface area contributed by atoms with Crippen LogP contribution in [0, 0.1) is 0 Å². The number of carbonyl (C=O) groups is 1. The average molecular weight is 348 g/mol. The molecule has 2 heterocycles. The van der Waals surface area contributed by atoms with Crippen molar-refractivity contribution in [2.75, 3.05) is 18.4 Å². The number of carbonyl (C=O) groups excluding carboxylic acids is 1. The van der Waals surface area contributed by atoms with E-state index in [1.54, 1.807) is 4.68 Å². The molecule has 0 spiro atoms. The Morgan fingerprint density at radius 1 is 1.04 bits per heavy atom. The fraction of sp³-hybridized carbons (Fsp3) is 0.263. The Hall–Kier alpha value is -3.22. The number of tetrazole rings is 1. The summed E-state index contributed by atoms with van der Waals surface area (Å²) >= 11 is 0. The van der Waals surface area contributed by atoms with Gasteiger partial charge in [0.25, 0.3) is 0 Å². The van der Waals surface area contributed by atoms with E-state index in [4.69, 9.17) is 0 Å². The average Bonchev–Trinajstić information content (AvgIpc) is 3.19. The third kappa shape index (κ3) is 3.42. The first-order valence-corrected chi connectivity index (χ1v) is 8.76. The van der Waals surface area contributed by atoms with Gasteiger partial charge in [0.15, 0.2) is 5.82 Å². The highest BCUT2D eigenvalue weighted by Gasteiger charge is 2.28. The molecule has 2 amide bonds. The topological polar surface area (TPSA) is 75.9 Å². The van der Waals surface area contributed by atoms with Crippen molar-refractivity contribution in [3.8, 4) is 5.69 Å². The zero-order valence-corrected chi connectivity index (χ0v) is 14.3. The van der Waals surface area contributed by atoms with Crippen molar-refractivity contribution >= 4 is 11.7 Å². The Balaban J connectivity index is 1.49. The van der Waals surface area contributed by atoms with Crippen molar-refractivity contribution in [2.24, 2.45) is 0 Å². The molecule has 1 aliphatic rings. The molecule has 0 bridgehead atoms. The van der Waals surface area contributed by atoms with E-state index in [1.165, 1.54) is 0 Å². The molecule has 1 atom stereocenters. The van der Waals surface area contributed by atoms with Crippen LogP contribution in [0.1, 0.15) is 24.6 Å². The molecular formula is C19H20N6O. The molecule has 1 saturated heterocycles. The lowest BCUT2D eigenvalue weighted by Gasteiger charge is -2.32. The van der Waals surface area contributed by atoms with Crippen LogP contribution < -0.4 is 5.32 Å². The summed E-state index contributed by atoms with van der Waals surface area (Å²) in [6.45, 7) is 1.34. The van der Waals surface area contributed by atoms with Crippen LogP contribution in [-0.2, 0) is 0 Å². The Morgan fingerprint density at radius 3 is 2.54 bits per heavy atom. The molecule has 1 unspecified atom stereocenters. The second kappa shape index (κ2) is 7.35. The Labute approximate surface area is 151 Å². The van der Waals surface area contributed by atoms with Crippen LogP contribution in [0.2, 0.25) is 0 Å². The first kappa shape index (κ1) is 16.3. The lowest BCUT2D eigenvalue weighted by molar-refractivity contribution is 0.191. The Morgan fingerprint density at radius 2 is 1.77 bits per heavy atom. The highest BCUT2D eigenvalue weighted by molar-refractivity contribution is 5.89. The maximum atomic E-state index is 12.6. The second-order valence-corrected chi connectivity index (χ2v) is 6.37. The van der Waals surface area contributed by atoms with Gasteiger partial charge in [-0.15, -0.1) is 5.10 Å². The van der Waals surface area contributed by atoms with E-state index in [2.05, 4.69) is 20.8 Å². The number of para-hydroxylation sites is 2. The summed E-state index contributed by atoms with van der Waals surface area (Å²) in [5.41, 5.74) is 1.73. The number of hydrogen-bond donors (Lipinski definition) is 1. The Bertz CT molecular complexity index is 864. The summed E-state index contributed by atoms with van der Waals surface area (Å²) < 4.78 is 1.77. The molecule has 0 saturated carbocycles. The predicted molar refractivity (Wildman–Crippen MR) is 98.2 cm³/mol. The SMILES string of the molecule is O=C(Nc1ccccc1)N1CCCC(c2nnnn2-c2ccccc2)C1. The van der Waals surface area contributed by atoms with Crippen LogP contribution in [0.5, 0.6) is 0 Å². The molecular weight excluding hydrogens is 328 g/mol. The molecule has 1 aliphatic heterocycles. The fourth-order valence-corrected chi connectivity index (χ4v) is 3.30. The summed E-state index contributed by atoms with van der Waals surface area (Å²) in [6, 6.07) is 19.3. The maximum absolute atomic E-state index is 12.6. The summed E-state index contributed by atoms with van der Waals surface area (Å²) in [5.74, 6) is 0.911. The number of urea groups is 1. The van der Waals surface area contributed by atoms with Crippen LogP contribution >= 0.6 is 0 Å². The summed E-state index contributed by atoms with van der Waals surface area (Å²) in [4.78, 5) is 14.4. The van der Waals surface area contributed by atoms with E-state index in [-0.39, 0.29) is 11.9 Å². The molecule has 7 nitrogen and oxygen atoms in total. The smallest absolute Gasteiger partial charge is 0.321 e. The minimum absolute atomic E-state index is 0.0837. The van der Waals surface area contributed by atoms with Crippen molar-refractivity contribution in [3.05, 3.63) is 66.5 Å². The number of piperidine rings is 1. The van der Waals surface area contributed by atoms with Gasteiger partial charge in [0.1, 0.15) is 0 Å². The molecule has 2 aromatic carbocycles. The van der Waals surface area contributed by atoms with E-state index in [0.717, 1.165) is 36.6 Å². The highest BCUT2D eigenvalue weighted by Crippen LogP contribution is 2.27. The van der Waals surface area contributed by atoms with Gasteiger partial charge in [-0.25, -0.2) is 4.79 Å². The molecule has 1 fully saturated rings. The van der Waals surface area contributed by atoms with E-state index >= 15 is 0 Å². The molecule has 1 N–H and O–H groups in total. The van der Waals surface area contributed by atoms with Crippen LogP contribution in [-0.4, -0.2) is 44.2 Å².